The molecule has 2 N–H and O–H groups in total. The molecule has 5 nitrogen and oxygen atoms in total. The number of carbonyl (C=O) groups excluding carboxylic acids is 1. The lowest BCUT2D eigenvalue weighted by Crippen LogP contribution is -2.29. The van der Waals surface area contributed by atoms with Crippen molar-refractivity contribution in [2.75, 3.05) is 11.9 Å². The fraction of sp³-hybridized carbons (Fsp3) is 0.467. The minimum Gasteiger partial charge on any atom is -0.411 e. The van der Waals surface area contributed by atoms with Crippen LogP contribution in [-0.2, 0) is 9.53 Å². The molecule has 1 amide bonds. The molecule has 1 aromatic rings. The monoisotopic (exact) mass is 276 g/mol. The molecule has 1 aromatic carbocycles. The minimum atomic E-state index is -0.0868. The summed E-state index contributed by atoms with van der Waals surface area (Å²) in [5.41, 5.74) is 1.99. The molecule has 1 aliphatic rings. The van der Waals surface area contributed by atoms with Crippen LogP contribution in [-0.4, -0.2) is 29.5 Å². The molecule has 1 aliphatic heterocycles. The predicted molar refractivity (Wildman–Crippen MR) is 77.2 cm³/mol. The van der Waals surface area contributed by atoms with E-state index in [2.05, 4.69) is 10.5 Å². The van der Waals surface area contributed by atoms with Gasteiger partial charge in [0, 0.05) is 17.9 Å². The van der Waals surface area contributed by atoms with E-state index in [9.17, 15) is 4.79 Å². The van der Waals surface area contributed by atoms with E-state index >= 15 is 0 Å². The Hall–Kier alpha value is -1.88. The Balaban J connectivity index is 2.08. The smallest absolute Gasteiger partial charge is 0.230 e. The van der Waals surface area contributed by atoms with Crippen LogP contribution in [0, 0.1) is 5.92 Å². The van der Waals surface area contributed by atoms with Crippen LogP contribution >= 0.6 is 0 Å². The number of oxime groups is 1. The number of hydrogen-bond donors (Lipinski definition) is 2. The molecule has 1 heterocycles. The van der Waals surface area contributed by atoms with Gasteiger partial charge in [0.25, 0.3) is 0 Å². The maximum Gasteiger partial charge on any atom is 0.230 e. The van der Waals surface area contributed by atoms with Crippen molar-refractivity contribution in [2.45, 2.75) is 32.8 Å². The van der Waals surface area contributed by atoms with E-state index in [1.165, 1.54) is 0 Å². The van der Waals surface area contributed by atoms with Crippen LogP contribution in [0.25, 0.3) is 0 Å². The number of rotatable bonds is 4. The Kier molecular flexibility index (Phi) is 4.74. The van der Waals surface area contributed by atoms with Gasteiger partial charge in [0.1, 0.15) is 0 Å². The van der Waals surface area contributed by atoms with Crippen molar-refractivity contribution in [3.63, 3.8) is 0 Å². The van der Waals surface area contributed by atoms with E-state index in [1.807, 2.05) is 25.1 Å². The molecule has 20 heavy (non-hydrogen) atoms. The van der Waals surface area contributed by atoms with Crippen LogP contribution in [0.5, 0.6) is 0 Å². The lowest BCUT2D eigenvalue weighted by molar-refractivity contribution is -0.121. The molecule has 1 fully saturated rings. The standard InChI is InChI=1S/C15H20N2O3/c1-3-14-13(7-8-20-14)15(18)16-12-6-4-5-11(9-12)10(2)17-19/h4-6,9,13-14,19H,3,7-8H2,1-2H3,(H,16,18)/b17-10+. The average Bonchev–Trinajstić information content (AvgIpc) is 2.95. The largest absolute Gasteiger partial charge is 0.411 e. The van der Waals surface area contributed by atoms with Gasteiger partial charge in [0.2, 0.25) is 5.91 Å². The number of amides is 1. The molecule has 0 radical (unpaired) electrons. The highest BCUT2D eigenvalue weighted by Gasteiger charge is 2.32. The fourth-order valence-corrected chi connectivity index (χ4v) is 2.47. The fourth-order valence-electron chi connectivity index (χ4n) is 2.47. The highest BCUT2D eigenvalue weighted by atomic mass is 16.5. The Morgan fingerprint density at radius 1 is 1.55 bits per heavy atom. The Morgan fingerprint density at radius 3 is 3.05 bits per heavy atom. The van der Waals surface area contributed by atoms with Crippen molar-refractivity contribution in [3.05, 3.63) is 29.8 Å². The first-order valence-electron chi connectivity index (χ1n) is 6.87. The lowest BCUT2D eigenvalue weighted by Gasteiger charge is -2.16. The second-order valence-electron chi connectivity index (χ2n) is 4.97. The van der Waals surface area contributed by atoms with Crippen LogP contribution in [0.15, 0.2) is 29.4 Å². The van der Waals surface area contributed by atoms with Crippen LogP contribution in [0.4, 0.5) is 5.69 Å². The first-order chi connectivity index (χ1) is 9.65. The van der Waals surface area contributed by atoms with E-state index in [4.69, 9.17) is 9.94 Å². The second-order valence-corrected chi connectivity index (χ2v) is 4.97. The van der Waals surface area contributed by atoms with Gasteiger partial charge < -0.3 is 15.3 Å². The number of carbonyl (C=O) groups is 1. The minimum absolute atomic E-state index is 0.00918. The third-order valence-electron chi connectivity index (χ3n) is 3.65. The summed E-state index contributed by atoms with van der Waals surface area (Å²) in [6, 6.07) is 7.27. The maximum atomic E-state index is 12.3. The summed E-state index contributed by atoms with van der Waals surface area (Å²) < 4.78 is 5.54. The van der Waals surface area contributed by atoms with Gasteiger partial charge in [-0.2, -0.15) is 0 Å². The van der Waals surface area contributed by atoms with Gasteiger partial charge in [-0.05, 0) is 31.9 Å². The van der Waals surface area contributed by atoms with Crippen molar-refractivity contribution in [1.82, 2.24) is 0 Å². The van der Waals surface area contributed by atoms with Gasteiger partial charge in [-0.25, -0.2) is 0 Å². The van der Waals surface area contributed by atoms with Crippen molar-refractivity contribution in [3.8, 4) is 0 Å². The highest BCUT2D eigenvalue weighted by molar-refractivity contribution is 6.00. The molecule has 0 bridgehead atoms. The van der Waals surface area contributed by atoms with Gasteiger partial charge >= 0.3 is 0 Å². The molecule has 108 valence electrons. The van der Waals surface area contributed by atoms with E-state index < -0.39 is 0 Å². The molecule has 0 saturated carbocycles. The topological polar surface area (TPSA) is 70.9 Å². The normalized spacial score (nSPS) is 22.8. The predicted octanol–water partition coefficient (Wildman–Crippen LogP) is 2.64. The van der Waals surface area contributed by atoms with Crippen molar-refractivity contribution < 1.29 is 14.7 Å². The molecule has 5 heteroatoms. The third kappa shape index (κ3) is 3.17. The van der Waals surface area contributed by atoms with Gasteiger partial charge in [0.15, 0.2) is 0 Å². The zero-order valence-corrected chi connectivity index (χ0v) is 11.8. The number of nitrogens with one attached hydrogen (secondary N) is 1. The number of ether oxygens (including phenoxy) is 1. The van der Waals surface area contributed by atoms with E-state index in [1.54, 1.807) is 13.0 Å². The summed E-state index contributed by atoms with van der Waals surface area (Å²) in [7, 11) is 0. The lowest BCUT2D eigenvalue weighted by atomic mass is 9.98. The molecular formula is C15H20N2O3. The molecular weight excluding hydrogens is 256 g/mol. The summed E-state index contributed by atoms with van der Waals surface area (Å²) in [5.74, 6) is -0.0960. The third-order valence-corrected chi connectivity index (χ3v) is 3.65. The molecule has 2 atom stereocenters. The van der Waals surface area contributed by atoms with E-state index in [0.29, 0.717) is 18.0 Å². The van der Waals surface area contributed by atoms with E-state index in [-0.39, 0.29) is 17.9 Å². The zero-order chi connectivity index (χ0) is 14.5. The van der Waals surface area contributed by atoms with Crippen molar-refractivity contribution in [2.24, 2.45) is 11.1 Å². The van der Waals surface area contributed by atoms with Crippen LogP contribution < -0.4 is 5.32 Å². The molecule has 0 spiro atoms. The first kappa shape index (κ1) is 14.5. The number of nitrogens with zero attached hydrogens (tertiary/aromatic N) is 1. The number of anilines is 1. The first-order valence-corrected chi connectivity index (χ1v) is 6.87. The van der Waals surface area contributed by atoms with E-state index in [0.717, 1.165) is 18.4 Å². The number of hydrogen-bond acceptors (Lipinski definition) is 4. The summed E-state index contributed by atoms with van der Waals surface area (Å²) in [6.07, 6.45) is 1.62. The summed E-state index contributed by atoms with van der Waals surface area (Å²) in [5, 5.41) is 14.9. The van der Waals surface area contributed by atoms with Crippen LogP contribution in [0.1, 0.15) is 32.3 Å². The number of benzene rings is 1. The molecule has 0 aliphatic carbocycles. The highest BCUT2D eigenvalue weighted by Crippen LogP contribution is 2.25. The van der Waals surface area contributed by atoms with Gasteiger partial charge in [0.05, 0.1) is 17.7 Å². The summed E-state index contributed by atoms with van der Waals surface area (Å²) in [6.45, 7) is 4.38. The molecule has 1 saturated heterocycles. The quantitative estimate of drug-likeness (QED) is 0.504. The molecule has 0 aromatic heterocycles. The van der Waals surface area contributed by atoms with Crippen molar-refractivity contribution >= 4 is 17.3 Å². The van der Waals surface area contributed by atoms with Gasteiger partial charge in [-0.1, -0.05) is 24.2 Å². The average molecular weight is 276 g/mol. The Bertz CT molecular complexity index is 514. The SMILES string of the molecule is CCC1OCCC1C(=O)Nc1cccc(/C(C)=N/O)c1. The zero-order valence-electron chi connectivity index (χ0n) is 11.8. The van der Waals surface area contributed by atoms with Crippen LogP contribution in [0.2, 0.25) is 0 Å². The molecule has 2 rings (SSSR count). The Labute approximate surface area is 118 Å². The second kappa shape index (κ2) is 6.52. The Morgan fingerprint density at radius 2 is 2.35 bits per heavy atom. The van der Waals surface area contributed by atoms with Gasteiger partial charge in [-0.3, -0.25) is 4.79 Å². The molecule has 2 unspecified atom stereocenters. The van der Waals surface area contributed by atoms with Gasteiger partial charge in [-0.15, -0.1) is 0 Å². The summed E-state index contributed by atoms with van der Waals surface area (Å²) >= 11 is 0. The summed E-state index contributed by atoms with van der Waals surface area (Å²) in [4.78, 5) is 12.3. The maximum absolute atomic E-state index is 12.3. The van der Waals surface area contributed by atoms with Crippen LogP contribution in [0.3, 0.4) is 0 Å². The van der Waals surface area contributed by atoms with Crippen molar-refractivity contribution in [1.29, 1.82) is 0 Å².